The summed E-state index contributed by atoms with van der Waals surface area (Å²) in [5, 5.41) is 2.77. The average molecular weight is 491 g/mol. The minimum absolute atomic E-state index is 0.0379. The smallest absolute Gasteiger partial charge is 0.241 e. The van der Waals surface area contributed by atoms with Gasteiger partial charge in [-0.2, -0.15) is 0 Å². The van der Waals surface area contributed by atoms with Crippen LogP contribution in [0, 0.1) is 0 Å². The van der Waals surface area contributed by atoms with E-state index in [-0.39, 0.29) is 40.1 Å². The van der Waals surface area contributed by atoms with Crippen LogP contribution < -0.4 is 25.3 Å². The molecule has 9 nitrogen and oxygen atoms in total. The highest BCUT2D eigenvalue weighted by molar-refractivity contribution is 7.91. The molecule has 0 aromatic heterocycles. The first-order valence-electron chi connectivity index (χ1n) is 11.1. The van der Waals surface area contributed by atoms with Crippen molar-refractivity contribution in [2.45, 2.75) is 50.5 Å². The van der Waals surface area contributed by atoms with Crippen molar-refractivity contribution in [3.63, 3.8) is 0 Å². The van der Waals surface area contributed by atoms with Gasteiger partial charge in [0.2, 0.25) is 15.7 Å². The second-order valence-corrected chi connectivity index (χ2v) is 9.89. The van der Waals surface area contributed by atoms with Crippen LogP contribution in [-0.2, 0) is 21.1 Å². The zero-order chi connectivity index (χ0) is 24.9. The van der Waals surface area contributed by atoms with Crippen LogP contribution in [0.4, 0.5) is 5.69 Å². The Kier molecular flexibility index (Phi) is 8.16. The van der Waals surface area contributed by atoms with Gasteiger partial charge < -0.3 is 25.3 Å². The maximum absolute atomic E-state index is 13.1. The van der Waals surface area contributed by atoms with E-state index in [1.807, 2.05) is 19.9 Å². The van der Waals surface area contributed by atoms with Gasteiger partial charge >= 0.3 is 0 Å². The summed E-state index contributed by atoms with van der Waals surface area (Å²) in [7, 11) is -2.05. The molecule has 10 heteroatoms. The molecule has 2 aromatic carbocycles. The number of Topliss-reactive ketones (excluding diaryl/α,β-unsaturated/α-hetero) is 1. The van der Waals surface area contributed by atoms with Gasteiger partial charge in [0.25, 0.3) is 0 Å². The van der Waals surface area contributed by atoms with Crippen LogP contribution in [0.3, 0.4) is 0 Å². The molecule has 3 rings (SSSR count). The Morgan fingerprint density at radius 1 is 1.18 bits per heavy atom. The van der Waals surface area contributed by atoms with Crippen LogP contribution in [0.5, 0.6) is 17.2 Å². The van der Waals surface area contributed by atoms with E-state index in [0.29, 0.717) is 37.3 Å². The number of amides is 1. The molecule has 34 heavy (non-hydrogen) atoms. The number of carbonyl (C=O) groups excluding carboxylic acids is 2. The van der Waals surface area contributed by atoms with Crippen molar-refractivity contribution in [2.75, 3.05) is 25.0 Å². The van der Waals surface area contributed by atoms with Gasteiger partial charge in [0, 0.05) is 12.5 Å². The molecular weight excluding hydrogens is 460 g/mol. The second kappa shape index (κ2) is 10.9. The van der Waals surface area contributed by atoms with Crippen LogP contribution in [-0.4, -0.2) is 45.8 Å². The van der Waals surface area contributed by atoms with Gasteiger partial charge in [0.05, 0.1) is 31.0 Å². The highest BCUT2D eigenvalue weighted by Gasteiger charge is 2.31. The lowest BCUT2D eigenvalue weighted by molar-refractivity contribution is -0.117. The number of fused-ring (bicyclic) bond motifs is 1. The van der Waals surface area contributed by atoms with Crippen LogP contribution in [0.1, 0.15) is 49.0 Å². The molecule has 0 radical (unpaired) electrons. The molecule has 1 heterocycles. The number of ketones is 1. The Bertz CT molecular complexity index is 1180. The molecule has 0 unspecified atom stereocenters. The summed E-state index contributed by atoms with van der Waals surface area (Å²) in [6.45, 7) is 4.09. The van der Waals surface area contributed by atoms with E-state index in [4.69, 9.17) is 19.9 Å². The van der Waals surface area contributed by atoms with Crippen molar-refractivity contribution in [3.05, 3.63) is 41.5 Å². The normalized spacial score (nSPS) is 14.6. The summed E-state index contributed by atoms with van der Waals surface area (Å²) in [4.78, 5) is 25.3. The molecule has 2 aromatic rings. The number of hydrogen-bond donors (Lipinski definition) is 2. The largest absolute Gasteiger partial charge is 0.495 e. The molecule has 0 spiro atoms. The Labute approximate surface area is 199 Å². The zero-order valence-electron chi connectivity index (χ0n) is 19.6. The number of carbonyl (C=O) groups is 2. The highest BCUT2D eigenvalue weighted by Crippen LogP contribution is 2.38. The predicted molar refractivity (Wildman–Crippen MR) is 127 cm³/mol. The lowest BCUT2D eigenvalue weighted by Crippen LogP contribution is -2.34. The van der Waals surface area contributed by atoms with Crippen molar-refractivity contribution in [1.82, 2.24) is 0 Å². The van der Waals surface area contributed by atoms with Crippen molar-refractivity contribution >= 4 is 27.2 Å². The Hall–Kier alpha value is -3.11. The summed E-state index contributed by atoms with van der Waals surface area (Å²) >= 11 is 0. The third-order valence-electron chi connectivity index (χ3n) is 5.45. The lowest BCUT2D eigenvalue weighted by Gasteiger charge is -2.15. The number of hydrogen-bond acceptors (Lipinski definition) is 8. The molecule has 1 atom stereocenters. The maximum atomic E-state index is 13.1. The molecule has 0 aliphatic carbocycles. The molecule has 184 valence electrons. The topological polar surface area (TPSA) is 134 Å². The summed E-state index contributed by atoms with van der Waals surface area (Å²) in [6, 6.07) is 7.46. The second-order valence-electron chi connectivity index (χ2n) is 7.98. The number of nitrogens with one attached hydrogen (secondary N) is 1. The van der Waals surface area contributed by atoms with Crippen LogP contribution in [0.2, 0.25) is 0 Å². The number of ether oxygens (including phenoxy) is 3. The number of rotatable bonds is 11. The molecule has 0 saturated carbocycles. The number of anilines is 1. The van der Waals surface area contributed by atoms with E-state index in [1.54, 1.807) is 12.1 Å². The number of methoxy groups -OCH3 is 1. The summed E-state index contributed by atoms with van der Waals surface area (Å²) in [5.74, 6) is -0.102. The minimum atomic E-state index is -3.55. The van der Waals surface area contributed by atoms with Gasteiger partial charge in [-0.3, -0.25) is 9.59 Å². The minimum Gasteiger partial charge on any atom is -0.495 e. The van der Waals surface area contributed by atoms with Crippen LogP contribution >= 0.6 is 0 Å². The molecule has 0 bridgehead atoms. The van der Waals surface area contributed by atoms with Crippen LogP contribution in [0.25, 0.3) is 0 Å². The van der Waals surface area contributed by atoms with Gasteiger partial charge in [-0.15, -0.1) is 0 Å². The molecule has 1 amide bonds. The van der Waals surface area contributed by atoms with Gasteiger partial charge in [0.1, 0.15) is 22.1 Å². The summed E-state index contributed by atoms with van der Waals surface area (Å²) < 4.78 is 40.6. The van der Waals surface area contributed by atoms with E-state index >= 15 is 0 Å². The lowest BCUT2D eigenvalue weighted by atomic mass is 10.0. The quantitative estimate of drug-likeness (QED) is 0.459. The summed E-state index contributed by atoms with van der Waals surface area (Å²) in [5.41, 5.74) is 7.37. The standard InChI is InChI=1S/C24H30N2O7S/c1-4-10-32-21-13-23-22(33-14-34(23,29)30)12-16(21)19(27)8-6-15-7-9-20(31-3)18(11-15)26-24(28)17(25)5-2/h7,9,11-13,17H,4-6,8,10,14,25H2,1-3H3,(H,26,28)/t17-/m0/s1. The monoisotopic (exact) mass is 490 g/mol. The Morgan fingerprint density at radius 3 is 2.62 bits per heavy atom. The van der Waals surface area contributed by atoms with E-state index in [2.05, 4.69) is 5.32 Å². The Balaban J connectivity index is 1.80. The van der Waals surface area contributed by atoms with Crippen molar-refractivity contribution in [2.24, 2.45) is 5.73 Å². The molecule has 0 saturated heterocycles. The fourth-order valence-electron chi connectivity index (χ4n) is 3.46. The molecule has 1 aliphatic heterocycles. The fraction of sp³-hybridized carbons (Fsp3) is 0.417. The van der Waals surface area contributed by atoms with E-state index in [0.717, 1.165) is 5.56 Å². The van der Waals surface area contributed by atoms with E-state index < -0.39 is 21.8 Å². The predicted octanol–water partition coefficient (Wildman–Crippen LogP) is 3.10. The van der Waals surface area contributed by atoms with Gasteiger partial charge in [-0.1, -0.05) is 19.9 Å². The molecule has 0 fully saturated rings. The maximum Gasteiger partial charge on any atom is 0.241 e. The van der Waals surface area contributed by atoms with Gasteiger partial charge in [-0.25, -0.2) is 8.42 Å². The van der Waals surface area contributed by atoms with E-state index in [9.17, 15) is 18.0 Å². The Morgan fingerprint density at radius 2 is 1.94 bits per heavy atom. The summed E-state index contributed by atoms with van der Waals surface area (Å²) in [6.07, 6.45) is 1.73. The first-order valence-corrected chi connectivity index (χ1v) is 12.8. The third-order valence-corrected chi connectivity index (χ3v) is 6.87. The third kappa shape index (κ3) is 5.68. The highest BCUT2D eigenvalue weighted by atomic mass is 32.2. The van der Waals surface area contributed by atoms with E-state index in [1.165, 1.54) is 19.2 Å². The number of benzene rings is 2. The molecular formula is C24H30N2O7S. The fourth-order valence-corrected chi connectivity index (χ4v) is 4.58. The SMILES string of the molecule is CCCOc1cc2c(cc1C(=O)CCc1ccc(OC)c(NC(=O)[C@@H](N)CC)c1)OCS2(=O)=O. The number of nitrogens with two attached hydrogens (primary N) is 1. The van der Waals surface area contributed by atoms with Crippen molar-refractivity contribution in [1.29, 1.82) is 0 Å². The van der Waals surface area contributed by atoms with Crippen LogP contribution in [0.15, 0.2) is 35.2 Å². The number of aryl methyl sites for hydroxylation is 1. The average Bonchev–Trinajstić information content (AvgIpc) is 3.13. The molecule has 1 aliphatic rings. The zero-order valence-corrected chi connectivity index (χ0v) is 20.4. The number of sulfone groups is 1. The van der Waals surface area contributed by atoms with Crippen molar-refractivity contribution < 1.29 is 32.2 Å². The first kappa shape index (κ1) is 25.5. The van der Waals surface area contributed by atoms with Crippen molar-refractivity contribution in [3.8, 4) is 17.2 Å². The van der Waals surface area contributed by atoms with Gasteiger partial charge in [0.15, 0.2) is 11.7 Å². The molecule has 3 N–H and O–H groups in total. The first-order chi connectivity index (χ1) is 16.2. The van der Waals surface area contributed by atoms with Gasteiger partial charge in [-0.05, 0) is 43.0 Å².